The number of aromatic nitrogens is 1. The van der Waals surface area contributed by atoms with Crippen LogP contribution in [0.2, 0.25) is 10.0 Å². The number of carbonyl (C=O) groups is 1. The first kappa shape index (κ1) is 15.3. The van der Waals surface area contributed by atoms with E-state index in [0.29, 0.717) is 27.0 Å². The van der Waals surface area contributed by atoms with Crippen LogP contribution in [0, 0.1) is 0 Å². The monoisotopic (exact) mass is 329 g/mol. The molecule has 1 heterocycles. The Morgan fingerprint density at radius 2 is 2.10 bits per heavy atom. The van der Waals surface area contributed by atoms with E-state index in [4.69, 9.17) is 23.2 Å². The summed E-state index contributed by atoms with van der Waals surface area (Å²) in [5.41, 5.74) is 1.51. The fourth-order valence-electron chi connectivity index (χ4n) is 1.83. The van der Waals surface area contributed by atoms with E-state index in [2.05, 4.69) is 4.98 Å². The third kappa shape index (κ3) is 3.32. The van der Waals surface area contributed by atoms with Crippen LogP contribution in [-0.2, 0) is 6.42 Å². The summed E-state index contributed by atoms with van der Waals surface area (Å²) in [6.07, 6.45) is 0.508. The molecule has 0 bridgehead atoms. The van der Waals surface area contributed by atoms with Crippen LogP contribution in [0.25, 0.3) is 0 Å². The Morgan fingerprint density at radius 3 is 2.60 bits per heavy atom. The third-order valence-electron chi connectivity index (χ3n) is 2.80. The quantitative estimate of drug-likeness (QED) is 0.871. The molecule has 0 fully saturated rings. The topological polar surface area (TPSA) is 50.2 Å². The minimum Gasteiger partial charge on any atom is -0.477 e. The lowest BCUT2D eigenvalue weighted by atomic mass is 10.1. The third-order valence-corrected chi connectivity index (χ3v) is 4.44. The summed E-state index contributed by atoms with van der Waals surface area (Å²) in [4.78, 5) is 16.0. The van der Waals surface area contributed by atoms with Crippen molar-refractivity contribution in [3.05, 3.63) is 49.4 Å². The van der Waals surface area contributed by atoms with Crippen LogP contribution in [0.1, 0.15) is 45.7 Å². The van der Waals surface area contributed by atoms with Crippen LogP contribution in [0.15, 0.2) is 18.2 Å². The number of rotatable bonds is 4. The lowest BCUT2D eigenvalue weighted by Gasteiger charge is -2.02. The minimum atomic E-state index is -0.931. The molecule has 6 heteroatoms. The Kier molecular flexibility index (Phi) is 4.68. The van der Waals surface area contributed by atoms with Gasteiger partial charge in [0.15, 0.2) is 0 Å². The zero-order valence-corrected chi connectivity index (χ0v) is 13.3. The van der Waals surface area contributed by atoms with Crippen LogP contribution in [-0.4, -0.2) is 16.1 Å². The first-order chi connectivity index (χ1) is 9.38. The fourth-order valence-corrected chi connectivity index (χ4v) is 3.38. The number of halogens is 2. The van der Waals surface area contributed by atoms with Gasteiger partial charge in [0.2, 0.25) is 0 Å². The maximum Gasteiger partial charge on any atom is 0.347 e. The number of hydrogen-bond donors (Lipinski definition) is 1. The lowest BCUT2D eigenvalue weighted by Crippen LogP contribution is -2.00. The van der Waals surface area contributed by atoms with E-state index in [-0.39, 0.29) is 5.92 Å². The Labute approximate surface area is 131 Å². The molecule has 0 saturated carbocycles. The van der Waals surface area contributed by atoms with Crippen LogP contribution in [0.3, 0.4) is 0 Å². The molecular weight excluding hydrogens is 317 g/mol. The van der Waals surface area contributed by atoms with E-state index in [1.165, 1.54) is 11.3 Å². The zero-order valence-electron chi connectivity index (χ0n) is 11.0. The molecule has 0 amide bonds. The molecule has 0 saturated heterocycles. The summed E-state index contributed by atoms with van der Waals surface area (Å²) in [7, 11) is 0. The number of thiazole rings is 1. The van der Waals surface area contributed by atoms with E-state index in [1.54, 1.807) is 12.1 Å². The molecule has 3 nitrogen and oxygen atoms in total. The summed E-state index contributed by atoms with van der Waals surface area (Å²) in [6.45, 7) is 3.86. The summed E-state index contributed by atoms with van der Waals surface area (Å²) < 4.78 is 0. The first-order valence-corrected chi connectivity index (χ1v) is 7.62. The molecule has 106 valence electrons. The van der Waals surface area contributed by atoms with Crippen molar-refractivity contribution in [2.45, 2.75) is 26.2 Å². The van der Waals surface area contributed by atoms with Gasteiger partial charge in [0.1, 0.15) is 4.88 Å². The summed E-state index contributed by atoms with van der Waals surface area (Å²) >= 11 is 13.2. The second-order valence-electron chi connectivity index (χ2n) is 4.69. The Hall–Kier alpha value is -1.10. The molecule has 1 aromatic heterocycles. The van der Waals surface area contributed by atoms with Crippen LogP contribution < -0.4 is 0 Å². The van der Waals surface area contributed by atoms with Crippen LogP contribution in [0.5, 0.6) is 0 Å². The van der Waals surface area contributed by atoms with Gasteiger partial charge >= 0.3 is 5.97 Å². The second-order valence-corrected chi connectivity index (χ2v) is 6.62. The van der Waals surface area contributed by atoms with Crippen molar-refractivity contribution >= 4 is 40.5 Å². The van der Waals surface area contributed by atoms with Crippen LogP contribution in [0.4, 0.5) is 0 Å². The largest absolute Gasteiger partial charge is 0.477 e. The van der Waals surface area contributed by atoms with Gasteiger partial charge in [0, 0.05) is 16.5 Å². The zero-order chi connectivity index (χ0) is 14.9. The van der Waals surface area contributed by atoms with Gasteiger partial charge in [0.25, 0.3) is 0 Å². The van der Waals surface area contributed by atoms with Gasteiger partial charge in [-0.05, 0) is 23.6 Å². The summed E-state index contributed by atoms with van der Waals surface area (Å²) in [5, 5.41) is 11.1. The number of nitrogens with zero attached hydrogens (tertiary/aromatic N) is 1. The number of carboxylic acid groups (broad SMARTS) is 1. The van der Waals surface area contributed by atoms with E-state index in [0.717, 1.165) is 10.6 Å². The molecule has 0 unspecified atom stereocenters. The molecule has 0 spiro atoms. The van der Waals surface area contributed by atoms with Gasteiger partial charge < -0.3 is 5.11 Å². The molecule has 0 atom stereocenters. The van der Waals surface area contributed by atoms with Crippen molar-refractivity contribution in [1.29, 1.82) is 0 Å². The maximum absolute atomic E-state index is 11.2. The van der Waals surface area contributed by atoms with Crippen molar-refractivity contribution in [2.75, 3.05) is 0 Å². The van der Waals surface area contributed by atoms with Gasteiger partial charge in [-0.3, -0.25) is 0 Å². The van der Waals surface area contributed by atoms with Gasteiger partial charge in [-0.2, -0.15) is 0 Å². The highest BCUT2D eigenvalue weighted by Crippen LogP contribution is 2.29. The molecule has 0 aliphatic rings. The molecule has 1 N–H and O–H groups in total. The SMILES string of the molecule is CC(C)c1nc(Cc2ccc(Cl)cc2Cl)sc1C(=O)O. The molecule has 0 aliphatic heterocycles. The normalized spacial score (nSPS) is 11.1. The molecule has 2 aromatic rings. The Morgan fingerprint density at radius 1 is 1.40 bits per heavy atom. The molecule has 0 radical (unpaired) electrons. The fraction of sp³-hybridized carbons (Fsp3) is 0.286. The maximum atomic E-state index is 11.2. The first-order valence-electron chi connectivity index (χ1n) is 6.05. The van der Waals surface area contributed by atoms with Crippen molar-refractivity contribution in [2.24, 2.45) is 0 Å². The molecular formula is C14H13Cl2NO2S. The van der Waals surface area contributed by atoms with Gasteiger partial charge in [0.05, 0.1) is 10.7 Å². The van der Waals surface area contributed by atoms with Crippen molar-refractivity contribution in [3.8, 4) is 0 Å². The van der Waals surface area contributed by atoms with E-state index in [9.17, 15) is 9.90 Å². The highest BCUT2D eigenvalue weighted by molar-refractivity contribution is 7.13. The number of benzene rings is 1. The highest BCUT2D eigenvalue weighted by atomic mass is 35.5. The van der Waals surface area contributed by atoms with Gasteiger partial charge in [-0.15, -0.1) is 11.3 Å². The molecule has 1 aromatic carbocycles. The van der Waals surface area contributed by atoms with Gasteiger partial charge in [-0.25, -0.2) is 9.78 Å². The van der Waals surface area contributed by atoms with E-state index in [1.807, 2.05) is 19.9 Å². The number of aromatic carboxylic acids is 1. The van der Waals surface area contributed by atoms with Crippen molar-refractivity contribution in [3.63, 3.8) is 0 Å². The number of hydrogen-bond acceptors (Lipinski definition) is 3. The average Bonchev–Trinajstić information content (AvgIpc) is 2.77. The summed E-state index contributed by atoms with van der Waals surface area (Å²) in [5.74, 6) is -0.855. The Bertz CT molecular complexity index is 653. The minimum absolute atomic E-state index is 0.0757. The molecule has 0 aliphatic carbocycles. The second kappa shape index (κ2) is 6.12. The van der Waals surface area contributed by atoms with Crippen LogP contribution >= 0.6 is 34.5 Å². The van der Waals surface area contributed by atoms with E-state index >= 15 is 0 Å². The standard InChI is InChI=1S/C14H13Cl2NO2S/c1-7(2)12-13(14(18)19)20-11(17-12)5-8-3-4-9(15)6-10(8)16/h3-4,6-7H,5H2,1-2H3,(H,18,19). The van der Waals surface area contributed by atoms with Gasteiger partial charge in [-0.1, -0.05) is 43.1 Å². The molecule has 20 heavy (non-hydrogen) atoms. The summed E-state index contributed by atoms with van der Waals surface area (Å²) in [6, 6.07) is 5.27. The highest BCUT2D eigenvalue weighted by Gasteiger charge is 2.20. The van der Waals surface area contributed by atoms with Crippen molar-refractivity contribution in [1.82, 2.24) is 4.98 Å². The lowest BCUT2D eigenvalue weighted by molar-refractivity contribution is 0.0700. The van der Waals surface area contributed by atoms with Crippen molar-refractivity contribution < 1.29 is 9.90 Å². The van der Waals surface area contributed by atoms with E-state index < -0.39 is 5.97 Å². The predicted octanol–water partition coefficient (Wildman–Crippen LogP) is 4.86. The number of carboxylic acids is 1. The smallest absolute Gasteiger partial charge is 0.347 e. The molecule has 2 rings (SSSR count). The predicted molar refractivity (Wildman–Crippen MR) is 82.4 cm³/mol. The average molecular weight is 330 g/mol. The Balaban J connectivity index is 2.34.